The highest BCUT2D eigenvalue weighted by atomic mass is 19.2. The van der Waals surface area contributed by atoms with E-state index in [1.54, 1.807) is 0 Å². The monoisotopic (exact) mass is 324 g/mol. The van der Waals surface area contributed by atoms with Gasteiger partial charge in [0.2, 0.25) is 0 Å². The van der Waals surface area contributed by atoms with E-state index in [9.17, 15) is 13.2 Å². The zero-order valence-electron chi connectivity index (χ0n) is 13.8. The summed E-state index contributed by atoms with van der Waals surface area (Å²) >= 11 is 0. The first-order valence-corrected chi connectivity index (χ1v) is 8.01. The van der Waals surface area contributed by atoms with Gasteiger partial charge in [0.15, 0.2) is 11.6 Å². The minimum absolute atomic E-state index is 0.123. The van der Waals surface area contributed by atoms with Gasteiger partial charge in [-0.1, -0.05) is 0 Å². The average molecular weight is 324 g/mol. The smallest absolute Gasteiger partial charge is 0.403 e. The maximum absolute atomic E-state index is 14.1. The fourth-order valence-corrected chi connectivity index (χ4v) is 4.42. The van der Waals surface area contributed by atoms with Crippen LogP contribution in [0.1, 0.15) is 52.5 Å². The summed E-state index contributed by atoms with van der Waals surface area (Å²) in [5.41, 5.74) is -0.891. The normalized spacial score (nSPS) is 36.6. The van der Waals surface area contributed by atoms with Crippen LogP contribution < -0.4 is 0 Å². The molecule has 2 nitrogen and oxygen atoms in total. The molecule has 0 radical (unpaired) electrons. The summed E-state index contributed by atoms with van der Waals surface area (Å²) in [7, 11) is -0.317. The van der Waals surface area contributed by atoms with E-state index in [0.29, 0.717) is 25.3 Å². The highest BCUT2D eigenvalue weighted by Crippen LogP contribution is 2.81. The lowest BCUT2D eigenvalue weighted by Gasteiger charge is -2.71. The third-order valence-electron chi connectivity index (χ3n) is 6.41. The standard InChI is InChI=1S/C17H20BF3O2/c1-14(2)15(3,4)23-18(22-14)17-7-16(8-17,9-17)10-5-12(20)13(21)6-11(10)19/h5-6H,7-9H2,1-4H3. The molecule has 1 saturated heterocycles. The lowest BCUT2D eigenvalue weighted by atomic mass is 9.23. The Hall–Kier alpha value is -1.01. The quantitative estimate of drug-likeness (QED) is 0.594. The maximum Gasteiger partial charge on any atom is 0.464 e. The van der Waals surface area contributed by atoms with Crippen LogP contribution in [0, 0.1) is 17.5 Å². The largest absolute Gasteiger partial charge is 0.464 e. The molecule has 1 aliphatic heterocycles. The van der Waals surface area contributed by atoms with Gasteiger partial charge in [-0.15, -0.1) is 0 Å². The Morgan fingerprint density at radius 2 is 1.30 bits per heavy atom. The van der Waals surface area contributed by atoms with Crippen molar-refractivity contribution in [1.29, 1.82) is 0 Å². The van der Waals surface area contributed by atoms with Crippen molar-refractivity contribution < 1.29 is 22.5 Å². The summed E-state index contributed by atoms with van der Waals surface area (Å²) in [5, 5.41) is -0.123. The SMILES string of the molecule is CC1(C)OB(C23CC(c4cc(F)c(F)cc4F)(C2)C3)OC1(C)C. The Balaban J connectivity index is 1.55. The molecule has 0 aromatic heterocycles. The first-order chi connectivity index (χ1) is 10.5. The third-order valence-corrected chi connectivity index (χ3v) is 6.41. The van der Waals surface area contributed by atoms with Gasteiger partial charge in [-0.25, -0.2) is 13.2 Å². The molecule has 23 heavy (non-hydrogen) atoms. The second-order valence-corrected chi connectivity index (χ2v) is 8.51. The second kappa shape index (κ2) is 4.15. The van der Waals surface area contributed by atoms with Crippen LogP contribution in [0.15, 0.2) is 12.1 Å². The number of rotatable bonds is 2. The average Bonchev–Trinajstić information content (AvgIpc) is 2.51. The van der Waals surface area contributed by atoms with Crippen molar-refractivity contribution in [2.24, 2.45) is 0 Å². The molecule has 1 aromatic rings. The molecule has 1 aromatic carbocycles. The van der Waals surface area contributed by atoms with E-state index in [4.69, 9.17) is 9.31 Å². The molecule has 2 bridgehead atoms. The van der Waals surface area contributed by atoms with Gasteiger partial charge in [-0.05, 0) is 64.0 Å². The van der Waals surface area contributed by atoms with Gasteiger partial charge < -0.3 is 9.31 Å². The van der Waals surface area contributed by atoms with E-state index < -0.39 is 28.7 Å². The third kappa shape index (κ3) is 1.85. The van der Waals surface area contributed by atoms with Crippen LogP contribution in [-0.2, 0) is 14.7 Å². The Labute approximate surface area is 134 Å². The van der Waals surface area contributed by atoms with Crippen LogP contribution in [0.2, 0.25) is 5.31 Å². The van der Waals surface area contributed by atoms with Crippen LogP contribution >= 0.6 is 0 Å². The van der Waals surface area contributed by atoms with Crippen LogP contribution in [-0.4, -0.2) is 18.3 Å². The molecular weight excluding hydrogens is 304 g/mol. The molecule has 1 heterocycles. The molecule has 124 valence electrons. The van der Waals surface area contributed by atoms with Gasteiger partial charge in [0, 0.05) is 11.4 Å². The van der Waals surface area contributed by atoms with Crippen molar-refractivity contribution in [2.75, 3.05) is 0 Å². The molecule has 5 rings (SSSR count). The first kappa shape index (κ1) is 15.5. The summed E-state index contributed by atoms with van der Waals surface area (Å²) < 4.78 is 52.9. The van der Waals surface area contributed by atoms with Crippen LogP contribution in [0.4, 0.5) is 13.2 Å². The van der Waals surface area contributed by atoms with Gasteiger partial charge in [-0.2, -0.15) is 0 Å². The molecule has 0 unspecified atom stereocenters. The van der Waals surface area contributed by atoms with Crippen molar-refractivity contribution in [3.8, 4) is 0 Å². The van der Waals surface area contributed by atoms with Gasteiger partial charge in [0.25, 0.3) is 0 Å². The van der Waals surface area contributed by atoms with E-state index in [2.05, 4.69) is 0 Å². The number of halogens is 3. The maximum atomic E-state index is 14.1. The molecule has 6 heteroatoms. The zero-order chi connectivity index (χ0) is 16.8. The molecule has 3 saturated carbocycles. The van der Waals surface area contributed by atoms with Gasteiger partial charge >= 0.3 is 7.12 Å². The van der Waals surface area contributed by atoms with Crippen molar-refractivity contribution in [3.05, 3.63) is 35.1 Å². The molecule has 3 aliphatic carbocycles. The molecular formula is C17H20BF3O2. The van der Waals surface area contributed by atoms with Crippen molar-refractivity contribution in [1.82, 2.24) is 0 Å². The summed E-state index contributed by atoms with van der Waals surface area (Å²) in [6, 6.07) is 1.66. The fraction of sp³-hybridized carbons (Fsp3) is 0.647. The summed E-state index contributed by atoms with van der Waals surface area (Å²) in [6.07, 6.45) is 2.08. The number of benzene rings is 1. The topological polar surface area (TPSA) is 18.5 Å². The molecule has 4 fully saturated rings. The lowest BCUT2D eigenvalue weighted by Crippen LogP contribution is -2.66. The van der Waals surface area contributed by atoms with Crippen molar-refractivity contribution in [3.63, 3.8) is 0 Å². The highest BCUT2D eigenvalue weighted by molar-refractivity contribution is 6.51. The van der Waals surface area contributed by atoms with Crippen molar-refractivity contribution in [2.45, 2.75) is 68.9 Å². The van der Waals surface area contributed by atoms with Gasteiger partial charge in [0.05, 0.1) is 11.2 Å². The predicted molar refractivity (Wildman–Crippen MR) is 80.6 cm³/mol. The Bertz CT molecular complexity index is 666. The summed E-state index contributed by atoms with van der Waals surface area (Å²) in [5.74, 6) is -2.79. The molecule has 0 N–H and O–H groups in total. The number of hydrogen-bond donors (Lipinski definition) is 0. The fourth-order valence-electron chi connectivity index (χ4n) is 4.42. The van der Waals surface area contributed by atoms with Gasteiger partial charge in [0.1, 0.15) is 5.82 Å². The number of hydrogen-bond acceptors (Lipinski definition) is 2. The molecule has 0 amide bonds. The van der Waals surface area contributed by atoms with E-state index in [1.807, 2.05) is 27.7 Å². The van der Waals surface area contributed by atoms with Crippen LogP contribution in [0.5, 0.6) is 0 Å². The van der Waals surface area contributed by atoms with E-state index in [0.717, 1.165) is 6.07 Å². The molecule has 0 atom stereocenters. The highest BCUT2D eigenvalue weighted by Gasteiger charge is 2.77. The minimum Gasteiger partial charge on any atom is -0.403 e. The minimum atomic E-state index is -1.14. The van der Waals surface area contributed by atoms with Crippen molar-refractivity contribution >= 4 is 7.12 Å². The van der Waals surface area contributed by atoms with E-state index in [-0.39, 0.29) is 23.4 Å². The first-order valence-electron chi connectivity index (χ1n) is 8.01. The Kier molecular flexibility index (Phi) is 2.80. The van der Waals surface area contributed by atoms with E-state index in [1.165, 1.54) is 0 Å². The summed E-state index contributed by atoms with van der Waals surface area (Å²) in [6.45, 7) is 8.01. The lowest BCUT2D eigenvalue weighted by molar-refractivity contribution is -0.0409. The molecule has 0 spiro atoms. The summed E-state index contributed by atoms with van der Waals surface area (Å²) in [4.78, 5) is 0. The molecule has 4 aliphatic rings. The van der Waals surface area contributed by atoms with E-state index >= 15 is 0 Å². The zero-order valence-corrected chi connectivity index (χ0v) is 13.8. The Morgan fingerprint density at radius 1 is 0.826 bits per heavy atom. The van der Waals surface area contributed by atoms with Gasteiger partial charge in [-0.3, -0.25) is 0 Å². The van der Waals surface area contributed by atoms with Crippen LogP contribution in [0.25, 0.3) is 0 Å². The van der Waals surface area contributed by atoms with Crippen LogP contribution in [0.3, 0.4) is 0 Å². The second-order valence-electron chi connectivity index (χ2n) is 8.51. The predicted octanol–water partition coefficient (Wildman–Crippen LogP) is 4.37. The Morgan fingerprint density at radius 3 is 1.83 bits per heavy atom.